The van der Waals surface area contributed by atoms with E-state index in [9.17, 15) is 23.5 Å². The van der Waals surface area contributed by atoms with Crippen molar-refractivity contribution >= 4 is 17.4 Å². The summed E-state index contributed by atoms with van der Waals surface area (Å²) in [6, 6.07) is 9.60. The number of hydrogen-bond donors (Lipinski definition) is 1. The second-order valence-electron chi connectivity index (χ2n) is 7.11. The zero-order valence-electron chi connectivity index (χ0n) is 15.5. The van der Waals surface area contributed by atoms with Crippen molar-refractivity contribution in [2.24, 2.45) is 0 Å². The molecule has 2 aromatic rings. The maximum Gasteiger partial charge on any atom is 0.295 e. The highest BCUT2D eigenvalue weighted by Crippen LogP contribution is 2.40. The second-order valence-corrected chi connectivity index (χ2v) is 7.11. The fraction of sp³-hybridized carbons (Fsp3) is 0.273. The topological polar surface area (TPSA) is 66.8 Å². The molecular weight excluding hydrogens is 380 g/mol. The van der Waals surface area contributed by atoms with Crippen molar-refractivity contribution in [3.63, 3.8) is 0 Å². The van der Waals surface area contributed by atoms with E-state index in [1.807, 2.05) is 0 Å². The number of likely N-dealkylation sites (tertiary alicyclic amines) is 1. The molecule has 2 aromatic carbocycles. The lowest BCUT2D eigenvalue weighted by atomic mass is 9.95. The summed E-state index contributed by atoms with van der Waals surface area (Å²) in [6.45, 7) is 0.679. The maximum absolute atomic E-state index is 14.6. The van der Waals surface area contributed by atoms with Gasteiger partial charge in [0.05, 0.1) is 17.7 Å². The Bertz CT molecular complexity index is 981. The van der Waals surface area contributed by atoms with Gasteiger partial charge in [-0.05, 0) is 43.2 Å². The van der Waals surface area contributed by atoms with E-state index in [-0.39, 0.29) is 29.3 Å². The molecule has 0 aliphatic carbocycles. The molecule has 7 heteroatoms. The molecule has 5 nitrogen and oxygen atoms in total. The maximum atomic E-state index is 14.6. The molecule has 0 bridgehead atoms. The minimum Gasteiger partial charge on any atom is -0.507 e. The fourth-order valence-corrected chi connectivity index (χ4v) is 3.86. The Morgan fingerprint density at radius 1 is 1.10 bits per heavy atom. The summed E-state index contributed by atoms with van der Waals surface area (Å²) < 4.78 is 33.5. The summed E-state index contributed by atoms with van der Waals surface area (Å²) in [6.07, 6.45) is 1.31. The standard InChI is InChI=1S/C22H19F2NO4/c23-14-9-7-13(8-10-14)20(26)18-19(16-5-1-2-6-17(16)24)25(22(28)21(18)27)12-15-4-3-11-29-15/h1-2,5-10,15,19,26H,3-4,11-12H2/t15-,19-/m1/s1. The number of aliphatic hydroxyl groups excluding tert-OH is 1. The molecule has 4 rings (SSSR count). The van der Waals surface area contributed by atoms with Crippen LogP contribution in [0.15, 0.2) is 54.1 Å². The molecule has 0 saturated carbocycles. The Hall–Kier alpha value is -3.06. The third-order valence-electron chi connectivity index (χ3n) is 5.28. The highest BCUT2D eigenvalue weighted by molar-refractivity contribution is 6.46. The van der Waals surface area contributed by atoms with E-state index in [1.165, 1.54) is 35.2 Å². The first-order chi connectivity index (χ1) is 14.0. The van der Waals surface area contributed by atoms with E-state index < -0.39 is 35.1 Å². The van der Waals surface area contributed by atoms with E-state index >= 15 is 0 Å². The van der Waals surface area contributed by atoms with Crippen molar-refractivity contribution in [2.75, 3.05) is 13.2 Å². The van der Waals surface area contributed by atoms with Gasteiger partial charge in [-0.2, -0.15) is 0 Å². The molecular formula is C22H19F2NO4. The smallest absolute Gasteiger partial charge is 0.295 e. The summed E-state index contributed by atoms with van der Waals surface area (Å²) in [5.41, 5.74) is 0.0564. The number of benzene rings is 2. The summed E-state index contributed by atoms with van der Waals surface area (Å²) >= 11 is 0. The Labute approximate surface area is 166 Å². The van der Waals surface area contributed by atoms with Crippen molar-refractivity contribution < 1.29 is 28.2 Å². The van der Waals surface area contributed by atoms with Crippen molar-refractivity contribution in [1.82, 2.24) is 4.90 Å². The lowest BCUT2D eigenvalue weighted by Crippen LogP contribution is -2.36. The molecule has 2 fully saturated rings. The van der Waals surface area contributed by atoms with Crippen molar-refractivity contribution in [1.29, 1.82) is 0 Å². The van der Waals surface area contributed by atoms with E-state index in [4.69, 9.17) is 4.74 Å². The highest BCUT2D eigenvalue weighted by atomic mass is 19.1. The number of amides is 1. The Balaban J connectivity index is 1.84. The first kappa shape index (κ1) is 19.3. The number of carbonyl (C=O) groups is 2. The van der Waals surface area contributed by atoms with Crippen LogP contribution in [0.3, 0.4) is 0 Å². The van der Waals surface area contributed by atoms with Crippen LogP contribution in [0.1, 0.15) is 30.0 Å². The minimum atomic E-state index is -1.09. The Kier molecular flexibility index (Phi) is 5.15. The SMILES string of the molecule is O=C1C(=O)N(C[C@H]2CCCO2)[C@H](c2ccccc2F)C1=C(O)c1ccc(F)cc1. The summed E-state index contributed by atoms with van der Waals surface area (Å²) in [5, 5.41) is 10.8. The van der Waals surface area contributed by atoms with Crippen molar-refractivity contribution in [3.05, 3.63) is 76.9 Å². The first-order valence-electron chi connectivity index (χ1n) is 9.37. The van der Waals surface area contributed by atoms with Gasteiger partial charge in [-0.15, -0.1) is 0 Å². The number of nitrogens with zero attached hydrogens (tertiary/aromatic N) is 1. The molecule has 0 radical (unpaired) electrons. The van der Waals surface area contributed by atoms with Crippen molar-refractivity contribution in [2.45, 2.75) is 25.0 Å². The van der Waals surface area contributed by atoms with E-state index in [2.05, 4.69) is 0 Å². The number of Topliss-reactive ketones (excluding diaryl/α,β-unsaturated/α-hetero) is 1. The van der Waals surface area contributed by atoms with Gasteiger partial charge in [-0.25, -0.2) is 8.78 Å². The quantitative estimate of drug-likeness (QED) is 0.485. The Morgan fingerprint density at radius 2 is 1.83 bits per heavy atom. The lowest BCUT2D eigenvalue weighted by Gasteiger charge is -2.27. The van der Waals surface area contributed by atoms with Crippen LogP contribution in [-0.4, -0.2) is 41.0 Å². The van der Waals surface area contributed by atoms with Gasteiger partial charge < -0.3 is 14.7 Å². The largest absolute Gasteiger partial charge is 0.507 e. The van der Waals surface area contributed by atoms with Gasteiger partial charge in [0.1, 0.15) is 17.4 Å². The van der Waals surface area contributed by atoms with Crippen molar-refractivity contribution in [3.8, 4) is 0 Å². The van der Waals surface area contributed by atoms with Gasteiger partial charge in [-0.1, -0.05) is 18.2 Å². The zero-order valence-corrected chi connectivity index (χ0v) is 15.5. The molecule has 0 spiro atoms. The molecule has 0 aromatic heterocycles. The van der Waals surface area contributed by atoms with E-state index in [1.54, 1.807) is 6.07 Å². The number of aliphatic hydroxyl groups is 1. The first-order valence-corrected chi connectivity index (χ1v) is 9.37. The average Bonchev–Trinajstić information content (AvgIpc) is 3.31. The number of ether oxygens (including phenoxy) is 1. The molecule has 150 valence electrons. The third kappa shape index (κ3) is 3.53. The second kappa shape index (κ2) is 7.75. The predicted octanol–water partition coefficient (Wildman–Crippen LogP) is 3.57. The van der Waals surface area contributed by atoms with Crippen LogP contribution in [0, 0.1) is 11.6 Å². The fourth-order valence-electron chi connectivity index (χ4n) is 3.86. The molecule has 1 amide bonds. The summed E-state index contributed by atoms with van der Waals surface area (Å²) in [4.78, 5) is 26.9. The molecule has 2 saturated heterocycles. The van der Waals surface area contributed by atoms with E-state index in [0.29, 0.717) is 6.61 Å². The van der Waals surface area contributed by atoms with Gasteiger partial charge >= 0.3 is 0 Å². The van der Waals surface area contributed by atoms with Crippen LogP contribution >= 0.6 is 0 Å². The summed E-state index contributed by atoms with van der Waals surface area (Å²) in [7, 11) is 0. The van der Waals surface area contributed by atoms with Crippen LogP contribution in [0.2, 0.25) is 0 Å². The number of rotatable bonds is 4. The van der Waals surface area contributed by atoms with Gasteiger partial charge in [0.15, 0.2) is 0 Å². The number of carbonyl (C=O) groups excluding carboxylic acids is 2. The van der Waals surface area contributed by atoms with E-state index in [0.717, 1.165) is 25.0 Å². The van der Waals surface area contributed by atoms with Gasteiger partial charge in [0.2, 0.25) is 0 Å². The predicted molar refractivity (Wildman–Crippen MR) is 101 cm³/mol. The van der Waals surface area contributed by atoms with Gasteiger partial charge in [0.25, 0.3) is 11.7 Å². The molecule has 29 heavy (non-hydrogen) atoms. The molecule has 2 aliphatic rings. The number of ketones is 1. The molecule has 0 unspecified atom stereocenters. The van der Waals surface area contributed by atoms with Crippen LogP contribution in [0.4, 0.5) is 8.78 Å². The average molecular weight is 399 g/mol. The Morgan fingerprint density at radius 3 is 2.48 bits per heavy atom. The molecule has 2 aliphatic heterocycles. The van der Waals surface area contributed by atoms with Crippen LogP contribution in [0.25, 0.3) is 5.76 Å². The molecule has 1 N–H and O–H groups in total. The van der Waals surface area contributed by atoms with Crippen LogP contribution in [0.5, 0.6) is 0 Å². The monoisotopic (exact) mass is 399 g/mol. The number of halogens is 2. The molecule has 2 heterocycles. The highest BCUT2D eigenvalue weighted by Gasteiger charge is 2.47. The van der Waals surface area contributed by atoms with Crippen LogP contribution in [-0.2, 0) is 14.3 Å². The zero-order chi connectivity index (χ0) is 20.5. The number of hydrogen-bond acceptors (Lipinski definition) is 4. The summed E-state index contributed by atoms with van der Waals surface area (Å²) in [5.74, 6) is -3.30. The van der Waals surface area contributed by atoms with Gasteiger partial charge in [-0.3, -0.25) is 9.59 Å². The lowest BCUT2D eigenvalue weighted by molar-refractivity contribution is -0.140. The third-order valence-corrected chi connectivity index (χ3v) is 5.28. The normalized spacial score (nSPS) is 23.7. The minimum absolute atomic E-state index is 0.105. The van der Waals surface area contributed by atoms with Crippen LogP contribution < -0.4 is 0 Å². The van der Waals surface area contributed by atoms with Gasteiger partial charge in [0, 0.05) is 24.3 Å². The molecule has 2 atom stereocenters.